The molecule has 5 rings (SSSR count). The molecule has 5 aromatic rings. The summed E-state index contributed by atoms with van der Waals surface area (Å²) in [7, 11) is -3.36. The van der Waals surface area contributed by atoms with Crippen LogP contribution in [0, 0.1) is 11.6 Å². The van der Waals surface area contributed by atoms with Crippen LogP contribution in [0.2, 0.25) is 0 Å². The molecule has 182 valence electrons. The van der Waals surface area contributed by atoms with Crippen LogP contribution >= 0.6 is 0 Å². The van der Waals surface area contributed by atoms with E-state index in [1.165, 1.54) is 55.0 Å². The zero-order valence-electron chi connectivity index (χ0n) is 18.8. The highest BCUT2D eigenvalue weighted by atomic mass is 32.2. The van der Waals surface area contributed by atoms with Crippen molar-refractivity contribution in [3.05, 3.63) is 84.8 Å². The van der Waals surface area contributed by atoms with Crippen molar-refractivity contribution in [2.24, 2.45) is 0 Å². The highest BCUT2D eigenvalue weighted by Gasteiger charge is 2.18. The molecule has 0 aliphatic carbocycles. The Hall–Kier alpha value is -4.38. The number of rotatable bonds is 7. The summed E-state index contributed by atoms with van der Waals surface area (Å²) in [6.45, 7) is 1.56. The van der Waals surface area contributed by atoms with Crippen LogP contribution in [-0.4, -0.2) is 34.1 Å². The highest BCUT2D eigenvalue weighted by Crippen LogP contribution is 2.37. The molecule has 0 saturated carbocycles. The number of sulfone groups is 1. The molecule has 0 aliphatic rings. The van der Waals surface area contributed by atoms with Gasteiger partial charge in [-0.1, -0.05) is 13.0 Å². The van der Waals surface area contributed by atoms with Crippen LogP contribution in [0.1, 0.15) is 6.92 Å². The topological polar surface area (TPSA) is 107 Å². The fourth-order valence-electron chi connectivity index (χ4n) is 3.45. The molecule has 0 spiro atoms. The molecule has 8 nitrogen and oxygen atoms in total. The first-order valence-electron chi connectivity index (χ1n) is 10.8. The fraction of sp³-hybridized carbons (Fsp3) is 0.0800. The number of fused-ring (bicyclic) bond motifs is 1. The molecule has 0 atom stereocenters. The van der Waals surface area contributed by atoms with E-state index >= 15 is 0 Å². The molecule has 0 unspecified atom stereocenters. The number of hydrogen-bond donors (Lipinski definition) is 1. The van der Waals surface area contributed by atoms with Gasteiger partial charge in [0.1, 0.15) is 22.7 Å². The fourth-order valence-corrected chi connectivity index (χ4v) is 4.33. The molecule has 0 fully saturated rings. The lowest BCUT2D eigenvalue weighted by Crippen LogP contribution is -2.03. The van der Waals surface area contributed by atoms with E-state index in [0.717, 1.165) is 12.1 Å². The minimum atomic E-state index is -3.36. The van der Waals surface area contributed by atoms with Crippen LogP contribution in [0.4, 0.5) is 8.78 Å². The third kappa shape index (κ3) is 4.60. The van der Waals surface area contributed by atoms with Crippen molar-refractivity contribution < 1.29 is 26.7 Å². The number of ether oxygens (including phenoxy) is 2. The lowest BCUT2D eigenvalue weighted by Gasteiger charge is -2.11. The molecule has 2 aromatic heterocycles. The molecule has 0 bridgehead atoms. The highest BCUT2D eigenvalue weighted by molar-refractivity contribution is 7.91. The van der Waals surface area contributed by atoms with Gasteiger partial charge in [0, 0.05) is 24.5 Å². The molecule has 2 heterocycles. The summed E-state index contributed by atoms with van der Waals surface area (Å²) in [5, 5.41) is 0. The predicted octanol–water partition coefficient (Wildman–Crippen LogP) is 5.68. The Balaban J connectivity index is 1.57. The van der Waals surface area contributed by atoms with Crippen molar-refractivity contribution >= 4 is 20.9 Å². The largest absolute Gasteiger partial charge is 0.457 e. The van der Waals surface area contributed by atoms with Crippen LogP contribution in [0.15, 0.2) is 78.1 Å². The minimum Gasteiger partial charge on any atom is -0.457 e. The maximum absolute atomic E-state index is 14.3. The smallest absolute Gasteiger partial charge is 0.198 e. The van der Waals surface area contributed by atoms with E-state index in [9.17, 15) is 17.2 Å². The molecule has 0 aliphatic heterocycles. The number of halogens is 2. The number of benzene rings is 3. The van der Waals surface area contributed by atoms with E-state index in [2.05, 4.69) is 19.9 Å². The number of H-pyrrole nitrogens is 1. The maximum atomic E-state index is 14.3. The van der Waals surface area contributed by atoms with Crippen molar-refractivity contribution in [1.29, 1.82) is 0 Å². The second-order valence-electron chi connectivity index (χ2n) is 7.62. The van der Waals surface area contributed by atoms with Crippen molar-refractivity contribution in [3.63, 3.8) is 0 Å². The Bertz CT molecular complexity index is 1640. The van der Waals surface area contributed by atoms with Gasteiger partial charge >= 0.3 is 0 Å². The van der Waals surface area contributed by atoms with Gasteiger partial charge in [-0.05, 0) is 36.4 Å². The molecule has 0 saturated heterocycles. The Morgan fingerprint density at radius 3 is 2.36 bits per heavy atom. The number of para-hydroxylation sites is 1. The van der Waals surface area contributed by atoms with Crippen molar-refractivity contribution in [1.82, 2.24) is 19.9 Å². The Morgan fingerprint density at radius 1 is 0.944 bits per heavy atom. The second kappa shape index (κ2) is 9.34. The molecule has 1 N–H and O–H groups in total. The van der Waals surface area contributed by atoms with Crippen LogP contribution in [-0.2, 0) is 9.84 Å². The van der Waals surface area contributed by atoms with Gasteiger partial charge in [-0.25, -0.2) is 27.2 Å². The van der Waals surface area contributed by atoms with Gasteiger partial charge in [0.25, 0.3) is 0 Å². The molecule has 3 aromatic carbocycles. The van der Waals surface area contributed by atoms with Crippen molar-refractivity contribution in [3.8, 4) is 34.5 Å². The summed E-state index contributed by atoms with van der Waals surface area (Å²) in [6, 6.07) is 12.4. The van der Waals surface area contributed by atoms with Crippen LogP contribution < -0.4 is 9.47 Å². The average molecular weight is 509 g/mol. The monoisotopic (exact) mass is 508 g/mol. The number of imidazole rings is 1. The summed E-state index contributed by atoms with van der Waals surface area (Å²) >= 11 is 0. The van der Waals surface area contributed by atoms with Gasteiger partial charge in [0.15, 0.2) is 38.8 Å². The Kier molecular flexibility index (Phi) is 6.06. The predicted molar refractivity (Wildman–Crippen MR) is 128 cm³/mol. The van der Waals surface area contributed by atoms with Crippen LogP contribution in [0.3, 0.4) is 0 Å². The lowest BCUT2D eigenvalue weighted by molar-refractivity contribution is 0.407. The van der Waals surface area contributed by atoms with E-state index in [1.54, 1.807) is 13.0 Å². The normalized spacial score (nSPS) is 11.5. The number of nitrogens with zero attached hydrogens (tertiary/aromatic N) is 3. The van der Waals surface area contributed by atoms with Gasteiger partial charge in [0.2, 0.25) is 0 Å². The summed E-state index contributed by atoms with van der Waals surface area (Å²) in [6.07, 6.45) is 4.54. The second-order valence-corrected chi connectivity index (χ2v) is 9.90. The molecule has 0 amide bonds. The number of hydrogen-bond acceptors (Lipinski definition) is 7. The first-order chi connectivity index (χ1) is 17.3. The molecule has 0 radical (unpaired) electrons. The SMILES string of the molecule is CCS(=O)(=O)c1ccc(Oc2cc(Oc3c(F)cccc3F)c3nc(-c4cnccn4)[nH]c3c2)cc1. The minimum absolute atomic E-state index is 0.0227. The summed E-state index contributed by atoms with van der Waals surface area (Å²) in [4.78, 5) is 16.0. The number of aromatic amines is 1. The van der Waals surface area contributed by atoms with Crippen molar-refractivity contribution in [2.75, 3.05) is 5.75 Å². The van der Waals surface area contributed by atoms with E-state index in [-0.39, 0.29) is 27.7 Å². The standard InChI is InChI=1S/C25H18F2N4O4S/c1-2-36(32,33)17-8-6-15(7-9-17)34-16-12-20-23(31-25(30-20)21-14-28-10-11-29-21)22(13-16)35-24-18(26)4-3-5-19(24)27/h3-14H,2H2,1H3,(H,30,31). The quantitative estimate of drug-likeness (QED) is 0.302. The summed E-state index contributed by atoms with van der Waals surface area (Å²) in [5.74, 6) is -1.37. The van der Waals surface area contributed by atoms with Crippen LogP contribution in [0.5, 0.6) is 23.0 Å². The van der Waals surface area contributed by atoms with Crippen molar-refractivity contribution in [2.45, 2.75) is 11.8 Å². The molecule has 11 heteroatoms. The first kappa shape index (κ1) is 23.4. The van der Waals surface area contributed by atoms with Gasteiger partial charge in [-0.3, -0.25) is 4.98 Å². The van der Waals surface area contributed by atoms with Gasteiger partial charge in [0.05, 0.1) is 22.4 Å². The zero-order valence-corrected chi connectivity index (χ0v) is 19.6. The molecule has 36 heavy (non-hydrogen) atoms. The van der Waals surface area contributed by atoms with Gasteiger partial charge in [-0.2, -0.15) is 0 Å². The average Bonchev–Trinajstić information content (AvgIpc) is 3.32. The van der Waals surface area contributed by atoms with Gasteiger partial charge < -0.3 is 14.5 Å². The molecular weight excluding hydrogens is 490 g/mol. The maximum Gasteiger partial charge on any atom is 0.198 e. The third-order valence-electron chi connectivity index (χ3n) is 5.26. The zero-order chi connectivity index (χ0) is 25.3. The van der Waals surface area contributed by atoms with E-state index in [4.69, 9.17) is 9.47 Å². The molecular formula is C25H18F2N4O4S. The van der Waals surface area contributed by atoms with E-state index in [1.807, 2.05) is 0 Å². The Labute approximate surface area is 204 Å². The lowest BCUT2D eigenvalue weighted by atomic mass is 10.2. The third-order valence-corrected chi connectivity index (χ3v) is 7.01. The number of aromatic nitrogens is 4. The first-order valence-corrected chi connectivity index (χ1v) is 12.4. The Morgan fingerprint density at radius 2 is 1.69 bits per heavy atom. The number of nitrogens with one attached hydrogen (secondary N) is 1. The van der Waals surface area contributed by atoms with Crippen LogP contribution in [0.25, 0.3) is 22.6 Å². The summed E-state index contributed by atoms with van der Waals surface area (Å²) in [5.41, 5.74) is 1.19. The van der Waals surface area contributed by atoms with Gasteiger partial charge in [-0.15, -0.1) is 0 Å². The van der Waals surface area contributed by atoms with E-state index < -0.39 is 27.2 Å². The summed E-state index contributed by atoms with van der Waals surface area (Å²) < 4.78 is 64.3. The van der Waals surface area contributed by atoms with E-state index in [0.29, 0.717) is 22.8 Å².